The molecule has 3 N–H and O–H groups in total. The van der Waals surface area contributed by atoms with Crippen LogP contribution in [0.4, 0.5) is 0 Å². The van der Waals surface area contributed by atoms with Gasteiger partial charge in [-0.3, -0.25) is 0 Å². The van der Waals surface area contributed by atoms with E-state index in [4.69, 9.17) is 5.11 Å². The second kappa shape index (κ2) is 103. The van der Waals surface area contributed by atoms with Crippen LogP contribution in [-0.2, 0) is 4.12 Å². The first kappa shape index (κ1) is 26.6. The van der Waals surface area contributed by atoms with Gasteiger partial charge in [0.15, 0.2) is 0 Å². The highest BCUT2D eigenvalue weighted by atomic mass is 28.3. The molecule has 0 aliphatic heterocycles. The zero-order chi connectivity index (χ0) is 4.71. The topological polar surface area (TPSA) is 61.0 Å². The summed E-state index contributed by atoms with van der Waals surface area (Å²) in [4.78, 5) is 0. The molecule has 0 aromatic rings. The van der Waals surface area contributed by atoms with Crippen molar-refractivity contribution in [2.24, 2.45) is 0 Å². The van der Waals surface area contributed by atoms with Crippen LogP contribution in [0.3, 0.4) is 0 Å². The second-order valence-electron chi connectivity index (χ2n) is 0.408. The van der Waals surface area contributed by atoms with E-state index in [0.29, 0.717) is 0 Å². The Morgan fingerprint density at radius 3 is 1.29 bits per heavy atom. The lowest BCUT2D eigenvalue weighted by Gasteiger charge is -1.62. The van der Waals surface area contributed by atoms with Gasteiger partial charge < -0.3 is 14.7 Å². The molecule has 0 fully saturated rings. The molecule has 0 spiro atoms. The predicted molar refractivity (Wildman–Crippen MR) is 39.5 cm³/mol. The molecule has 0 saturated carbocycles. The molecule has 0 radical (unpaired) electrons. The summed E-state index contributed by atoms with van der Waals surface area (Å²) in [5.74, 6) is 0. The molecule has 50 valence electrons. The number of rotatable bonds is 0. The first-order chi connectivity index (χ1) is 2.41. The van der Waals surface area contributed by atoms with E-state index in [1.807, 2.05) is 0 Å². The molecule has 0 amide bonds. The van der Waals surface area contributed by atoms with Crippen molar-refractivity contribution in [2.75, 3.05) is 7.11 Å². The molecule has 7 heavy (non-hydrogen) atoms. The minimum Gasteiger partial charge on any atom is -0.471 e. The average molecular weight is 144 g/mol. The summed E-state index contributed by atoms with van der Waals surface area (Å²) in [7, 11) is 2.86. The van der Waals surface area contributed by atoms with Gasteiger partial charge in [0.25, 0.3) is 0 Å². The first-order valence-electron chi connectivity index (χ1n) is 1.26. The van der Waals surface area contributed by atoms with Crippen LogP contribution in [0.2, 0.25) is 0 Å². The molecule has 0 heterocycles. The largest absolute Gasteiger partial charge is 0.471 e. The summed E-state index contributed by atoms with van der Waals surface area (Å²) >= 11 is 0. The monoisotopic (exact) mass is 144 g/mol. The molecule has 5 heteroatoms. The van der Waals surface area contributed by atoms with Crippen LogP contribution in [0.25, 0.3) is 0 Å². The van der Waals surface area contributed by atoms with Crippen LogP contribution < -0.4 is 0 Å². The van der Waals surface area contributed by atoms with Crippen molar-refractivity contribution in [1.82, 2.24) is 0 Å². The standard InChI is InChI=1S/CH4O.CH4.H6OSi2.H2O/c1-2;;2-1-3;/h2H,1H3;1H4;2-3H3;1H2. The van der Waals surface area contributed by atoms with Crippen molar-refractivity contribution in [3.05, 3.63) is 0 Å². The van der Waals surface area contributed by atoms with Gasteiger partial charge in [-0.25, -0.2) is 0 Å². The third kappa shape index (κ3) is 1190. The van der Waals surface area contributed by atoms with E-state index in [2.05, 4.69) is 4.12 Å². The summed E-state index contributed by atoms with van der Waals surface area (Å²) in [6.45, 7) is 0. The average Bonchev–Trinajstić information content (AvgIpc) is 1.46. The summed E-state index contributed by atoms with van der Waals surface area (Å²) in [6, 6.07) is 0. The van der Waals surface area contributed by atoms with E-state index in [-0.39, 0.29) is 12.9 Å². The van der Waals surface area contributed by atoms with E-state index in [9.17, 15) is 0 Å². The van der Waals surface area contributed by atoms with Gasteiger partial charge >= 0.3 is 0 Å². The SMILES string of the molecule is C.CO.O.[SiH3]O[SiH3]. The molecule has 0 rings (SSSR count). The Balaban J connectivity index is -0.0000000105. The van der Waals surface area contributed by atoms with E-state index in [1.54, 1.807) is 0 Å². The number of hydrogen-bond donors (Lipinski definition) is 1. The van der Waals surface area contributed by atoms with Gasteiger partial charge in [-0.1, -0.05) is 7.43 Å². The molecule has 0 aromatic heterocycles. The van der Waals surface area contributed by atoms with Crippen molar-refractivity contribution >= 4 is 21.0 Å². The molecule has 0 unspecified atom stereocenters. The lowest BCUT2D eigenvalue weighted by molar-refractivity contribution is 0.399. The fourth-order valence-electron chi connectivity index (χ4n) is 0. The highest BCUT2D eigenvalue weighted by Crippen LogP contribution is 1.20. The summed E-state index contributed by atoms with van der Waals surface area (Å²) < 4.78 is 4.53. The van der Waals surface area contributed by atoms with Gasteiger partial charge in [-0.15, -0.1) is 0 Å². The van der Waals surface area contributed by atoms with Gasteiger partial charge in [0.1, 0.15) is 21.0 Å². The summed E-state index contributed by atoms with van der Waals surface area (Å²) in [5, 5.41) is 7.00. The van der Waals surface area contributed by atoms with E-state index in [1.165, 1.54) is 0 Å². The molecule has 0 atom stereocenters. The summed E-state index contributed by atoms with van der Waals surface area (Å²) in [5.41, 5.74) is 0. The third-order valence-corrected chi connectivity index (χ3v) is 0. The fraction of sp³-hybridized carbons (Fsp3) is 1.00. The fourth-order valence-corrected chi connectivity index (χ4v) is 0. The Kier molecular flexibility index (Phi) is 392. The number of hydrogen-bond acceptors (Lipinski definition) is 2. The quantitative estimate of drug-likeness (QED) is 0.368. The van der Waals surface area contributed by atoms with Crippen molar-refractivity contribution in [2.45, 2.75) is 7.43 Å². The number of aliphatic hydroxyl groups is 1. The van der Waals surface area contributed by atoms with Gasteiger partial charge in [0.2, 0.25) is 0 Å². The molecule has 3 nitrogen and oxygen atoms in total. The van der Waals surface area contributed by atoms with Gasteiger partial charge in [0, 0.05) is 7.11 Å². The molecular weight excluding hydrogens is 128 g/mol. The Morgan fingerprint density at radius 2 is 1.29 bits per heavy atom. The Hall–Kier alpha value is 0.314. The van der Waals surface area contributed by atoms with E-state index < -0.39 is 0 Å². The van der Waals surface area contributed by atoms with Gasteiger partial charge in [0.05, 0.1) is 0 Å². The third-order valence-electron chi connectivity index (χ3n) is 0. The Morgan fingerprint density at radius 1 is 1.29 bits per heavy atom. The first-order valence-corrected chi connectivity index (χ1v) is 2.90. The molecule has 0 saturated heterocycles. The van der Waals surface area contributed by atoms with Crippen LogP contribution in [0.1, 0.15) is 7.43 Å². The van der Waals surface area contributed by atoms with E-state index >= 15 is 0 Å². The maximum absolute atomic E-state index is 7.00. The number of aliphatic hydroxyl groups excluding tert-OH is 1. The second-order valence-corrected chi connectivity index (χ2v) is 3.67. The lowest BCUT2D eigenvalue weighted by atomic mass is 11.8. The minimum atomic E-state index is 0. The Bertz CT molecular complexity index is 10.9. The van der Waals surface area contributed by atoms with Crippen LogP contribution in [0.5, 0.6) is 0 Å². The molecule has 0 aliphatic rings. The Labute approximate surface area is 51.1 Å². The van der Waals surface area contributed by atoms with Crippen LogP contribution in [-0.4, -0.2) is 38.7 Å². The van der Waals surface area contributed by atoms with Crippen molar-refractivity contribution in [3.8, 4) is 0 Å². The predicted octanol–water partition coefficient (Wildman–Crippen LogP) is -3.02. The normalized spacial score (nSPS) is 4.29. The van der Waals surface area contributed by atoms with Crippen LogP contribution in [0.15, 0.2) is 0 Å². The van der Waals surface area contributed by atoms with Gasteiger partial charge in [-0.2, -0.15) is 0 Å². The minimum absolute atomic E-state index is 0. The van der Waals surface area contributed by atoms with Crippen molar-refractivity contribution in [3.63, 3.8) is 0 Å². The maximum Gasteiger partial charge on any atom is 0.129 e. The van der Waals surface area contributed by atoms with Crippen molar-refractivity contribution < 1.29 is 14.7 Å². The maximum atomic E-state index is 7.00. The van der Waals surface area contributed by atoms with Crippen LogP contribution in [0, 0.1) is 0 Å². The molecule has 0 bridgehead atoms. The molecule has 0 aromatic carbocycles. The lowest BCUT2D eigenvalue weighted by Crippen LogP contribution is -1.65. The zero-order valence-corrected chi connectivity index (χ0v) is 8.36. The highest BCUT2D eigenvalue weighted by Gasteiger charge is 1.28. The molecular formula is C2H16O3Si2. The van der Waals surface area contributed by atoms with Gasteiger partial charge in [-0.05, 0) is 0 Å². The summed E-state index contributed by atoms with van der Waals surface area (Å²) in [6.07, 6.45) is 0. The zero-order valence-electron chi connectivity index (χ0n) is 4.36. The highest BCUT2D eigenvalue weighted by molar-refractivity contribution is 6.15. The smallest absolute Gasteiger partial charge is 0.129 e. The molecule has 0 aliphatic carbocycles. The van der Waals surface area contributed by atoms with Crippen LogP contribution >= 0.6 is 0 Å². The van der Waals surface area contributed by atoms with E-state index in [0.717, 1.165) is 28.1 Å². The van der Waals surface area contributed by atoms with Crippen molar-refractivity contribution in [1.29, 1.82) is 0 Å².